The Labute approximate surface area is 218 Å². The van der Waals surface area contributed by atoms with Gasteiger partial charge in [0.05, 0.1) is 6.54 Å². The van der Waals surface area contributed by atoms with Crippen molar-refractivity contribution in [1.29, 1.82) is 0 Å². The van der Waals surface area contributed by atoms with Crippen LogP contribution < -0.4 is 11.4 Å². The molecule has 9 nitrogen and oxygen atoms in total. The molecule has 198 valence electrons. The van der Waals surface area contributed by atoms with Crippen LogP contribution >= 0.6 is 23.2 Å². The molecule has 0 saturated heterocycles. The molecule has 2 atom stereocenters. The summed E-state index contributed by atoms with van der Waals surface area (Å²) in [4.78, 5) is 36.9. The first-order valence-electron chi connectivity index (χ1n) is 10.8. The smallest absolute Gasteiger partial charge is 0.416 e. The molecule has 14 heteroatoms. The van der Waals surface area contributed by atoms with Gasteiger partial charge in [0.25, 0.3) is 0 Å². The number of Topliss-reactive ketones (excluding diaryl/α,β-unsaturated/α-hetero) is 1. The molecule has 0 saturated carbocycles. The lowest BCUT2D eigenvalue weighted by atomic mass is 10.0. The summed E-state index contributed by atoms with van der Waals surface area (Å²) in [7, 11) is 0. The van der Waals surface area contributed by atoms with E-state index in [9.17, 15) is 32.7 Å². The number of hydrogen-bond acceptors (Lipinski definition) is 6. The number of benzene rings is 2. The molecule has 0 aliphatic rings. The van der Waals surface area contributed by atoms with E-state index in [2.05, 4.69) is 5.10 Å². The summed E-state index contributed by atoms with van der Waals surface area (Å²) in [5.41, 5.74) is 4.76. The van der Waals surface area contributed by atoms with Crippen molar-refractivity contribution < 1.29 is 32.6 Å². The van der Waals surface area contributed by atoms with Gasteiger partial charge in [0.1, 0.15) is 12.6 Å². The van der Waals surface area contributed by atoms with Gasteiger partial charge in [-0.15, -0.1) is 5.10 Å². The van der Waals surface area contributed by atoms with Crippen LogP contribution in [0.3, 0.4) is 0 Å². The molecule has 0 bridgehead atoms. The molecular formula is C23H21Cl2F3N4O5. The van der Waals surface area contributed by atoms with Gasteiger partial charge in [-0.3, -0.25) is 9.36 Å². The Hall–Kier alpha value is -3.35. The lowest BCUT2D eigenvalue weighted by Gasteiger charge is -2.17. The molecule has 1 heterocycles. The largest absolute Gasteiger partial charge is 0.441 e. The van der Waals surface area contributed by atoms with Gasteiger partial charge in [-0.05, 0) is 36.8 Å². The van der Waals surface area contributed by atoms with Gasteiger partial charge < -0.3 is 15.6 Å². The van der Waals surface area contributed by atoms with E-state index < -0.39 is 49.0 Å². The molecule has 3 aromatic rings. The zero-order chi connectivity index (χ0) is 27.3. The Bertz CT molecular complexity index is 1330. The number of ketones is 1. The van der Waals surface area contributed by atoms with Gasteiger partial charge in [0, 0.05) is 27.6 Å². The van der Waals surface area contributed by atoms with Gasteiger partial charge in [-0.25, -0.2) is 14.3 Å². The number of amides is 1. The first-order valence-corrected chi connectivity index (χ1v) is 11.5. The maximum Gasteiger partial charge on any atom is 0.416 e. The predicted molar refractivity (Wildman–Crippen MR) is 128 cm³/mol. The predicted octanol–water partition coefficient (Wildman–Crippen LogP) is 4.13. The van der Waals surface area contributed by atoms with Crippen molar-refractivity contribution in [3.8, 4) is 11.4 Å². The summed E-state index contributed by atoms with van der Waals surface area (Å²) in [6.45, 7) is -1.71. The Morgan fingerprint density at radius 2 is 1.76 bits per heavy atom. The number of alkyl halides is 3. The number of primary amides is 1. The monoisotopic (exact) mass is 560 g/mol. The topological polar surface area (TPSA) is 129 Å². The highest BCUT2D eigenvalue weighted by Gasteiger charge is 2.39. The molecule has 0 spiro atoms. The quantitative estimate of drug-likeness (QED) is 0.383. The number of rotatable bonds is 10. The molecule has 0 fully saturated rings. The normalized spacial score (nSPS) is 13.2. The number of aliphatic hydroxyl groups excluding tert-OH is 1. The van der Waals surface area contributed by atoms with Crippen molar-refractivity contribution in [2.45, 2.75) is 44.3 Å². The number of halogens is 5. The van der Waals surface area contributed by atoms with Crippen LogP contribution in [0.4, 0.5) is 18.0 Å². The molecule has 2 aromatic carbocycles. The molecule has 1 unspecified atom stereocenters. The second kappa shape index (κ2) is 11.8. The van der Waals surface area contributed by atoms with Crippen molar-refractivity contribution in [1.82, 2.24) is 14.3 Å². The fourth-order valence-electron chi connectivity index (χ4n) is 3.49. The zero-order valence-electron chi connectivity index (χ0n) is 19.0. The zero-order valence-corrected chi connectivity index (χ0v) is 20.5. The Morgan fingerprint density at radius 1 is 1.11 bits per heavy atom. The van der Waals surface area contributed by atoms with E-state index in [1.165, 1.54) is 24.3 Å². The molecule has 37 heavy (non-hydrogen) atoms. The second-order valence-corrected chi connectivity index (χ2v) is 8.81. The summed E-state index contributed by atoms with van der Waals surface area (Å²) in [5.74, 6) is -0.723. The third-order valence-corrected chi connectivity index (χ3v) is 5.88. The van der Waals surface area contributed by atoms with Crippen molar-refractivity contribution in [2.24, 2.45) is 5.73 Å². The van der Waals surface area contributed by atoms with Crippen LogP contribution in [0, 0.1) is 0 Å². The third kappa shape index (κ3) is 7.34. The highest BCUT2D eigenvalue weighted by molar-refractivity contribution is 6.31. The van der Waals surface area contributed by atoms with E-state index in [1.54, 1.807) is 24.3 Å². The van der Waals surface area contributed by atoms with E-state index in [0.717, 1.165) is 0 Å². The van der Waals surface area contributed by atoms with Crippen LogP contribution in [0.25, 0.3) is 11.4 Å². The lowest BCUT2D eigenvalue weighted by Crippen LogP contribution is -2.37. The minimum Gasteiger partial charge on any atom is -0.441 e. The standard InChI is InChI=1S/C23H21Cl2F3N4O5/c24-14-7-5-13(6-8-14)20-30-32(22(36)31(20)12-19(34)23(26,27)28)11-15(33)9-10-18(37-21(29)35)16-3-1-2-4-17(16)25/h1-8,18-19,34H,9-12H2,(H2,29,35)/t18?,19-/m0/s1. The van der Waals surface area contributed by atoms with Gasteiger partial charge in [-0.1, -0.05) is 41.4 Å². The van der Waals surface area contributed by atoms with Crippen molar-refractivity contribution in [3.63, 3.8) is 0 Å². The van der Waals surface area contributed by atoms with E-state index in [4.69, 9.17) is 33.7 Å². The Morgan fingerprint density at radius 3 is 2.35 bits per heavy atom. The van der Waals surface area contributed by atoms with Crippen LogP contribution in [0.2, 0.25) is 10.0 Å². The van der Waals surface area contributed by atoms with Gasteiger partial charge in [0.2, 0.25) is 0 Å². The lowest BCUT2D eigenvalue weighted by molar-refractivity contribution is -0.207. The van der Waals surface area contributed by atoms with Crippen molar-refractivity contribution in [2.75, 3.05) is 0 Å². The van der Waals surface area contributed by atoms with Crippen molar-refractivity contribution >= 4 is 35.1 Å². The maximum atomic E-state index is 13.0. The van der Waals surface area contributed by atoms with Gasteiger partial charge in [0.15, 0.2) is 17.7 Å². The molecular weight excluding hydrogens is 540 g/mol. The maximum absolute atomic E-state index is 13.0. The molecule has 3 N–H and O–H groups in total. The molecule has 0 aliphatic carbocycles. The molecule has 0 aliphatic heterocycles. The van der Waals surface area contributed by atoms with E-state index in [1.807, 2.05) is 0 Å². The van der Waals surface area contributed by atoms with Crippen LogP contribution in [0.5, 0.6) is 0 Å². The Balaban J connectivity index is 1.84. The van der Waals surface area contributed by atoms with E-state index in [0.29, 0.717) is 19.8 Å². The highest BCUT2D eigenvalue weighted by Crippen LogP contribution is 2.29. The number of nitrogens with zero attached hydrogens (tertiary/aromatic N) is 3. The summed E-state index contributed by atoms with van der Waals surface area (Å²) < 4.78 is 45.4. The van der Waals surface area contributed by atoms with E-state index >= 15 is 0 Å². The number of carbonyl (C=O) groups is 2. The van der Waals surface area contributed by atoms with Gasteiger partial charge >= 0.3 is 18.0 Å². The molecule has 0 radical (unpaired) electrons. The summed E-state index contributed by atoms with van der Waals surface area (Å²) in [6.07, 6.45) is -10.1. The molecule has 1 amide bonds. The number of nitrogens with two attached hydrogens (primary N) is 1. The molecule has 3 rings (SSSR count). The number of carbonyl (C=O) groups excluding carboxylic acids is 2. The summed E-state index contributed by atoms with van der Waals surface area (Å²) in [6, 6.07) is 12.2. The number of hydrogen-bond donors (Lipinski definition) is 2. The number of ether oxygens (including phenoxy) is 1. The average Bonchev–Trinajstić information content (AvgIpc) is 3.11. The van der Waals surface area contributed by atoms with Crippen LogP contribution in [0.1, 0.15) is 24.5 Å². The van der Waals surface area contributed by atoms with Crippen LogP contribution in [0.15, 0.2) is 53.3 Å². The number of aliphatic hydroxyl groups is 1. The first kappa shape index (κ1) is 28.2. The molecule has 1 aromatic heterocycles. The van der Waals surface area contributed by atoms with Crippen molar-refractivity contribution in [3.05, 3.63) is 74.6 Å². The van der Waals surface area contributed by atoms with Gasteiger partial charge in [-0.2, -0.15) is 13.2 Å². The van der Waals surface area contributed by atoms with E-state index in [-0.39, 0.29) is 29.3 Å². The average molecular weight is 561 g/mol. The minimum atomic E-state index is -4.98. The number of aromatic nitrogens is 3. The fraction of sp³-hybridized carbons (Fsp3) is 0.304. The highest BCUT2D eigenvalue weighted by atomic mass is 35.5. The van der Waals surface area contributed by atoms with Crippen LogP contribution in [-0.4, -0.2) is 43.6 Å². The summed E-state index contributed by atoms with van der Waals surface area (Å²) in [5, 5.41) is 14.2. The van der Waals surface area contributed by atoms with Crippen LogP contribution in [-0.2, 0) is 22.6 Å². The first-order chi connectivity index (χ1) is 17.4. The Kier molecular flexibility index (Phi) is 9.00. The second-order valence-electron chi connectivity index (χ2n) is 7.96. The minimum absolute atomic E-state index is 0.0300. The SMILES string of the molecule is NC(=O)OC(CCC(=O)Cn1nc(-c2ccc(Cl)cc2)n(C[C@H](O)C(F)(F)F)c1=O)c1ccccc1Cl. The third-order valence-electron chi connectivity index (χ3n) is 5.28. The summed E-state index contributed by atoms with van der Waals surface area (Å²) >= 11 is 12.0. The fourth-order valence-corrected chi connectivity index (χ4v) is 3.87.